The molecule has 2 saturated heterocycles. The number of likely N-dealkylation sites (tertiary alicyclic amines) is 1. The van der Waals surface area contributed by atoms with Gasteiger partial charge in [0, 0.05) is 37.6 Å². The molecule has 2 aromatic carbocycles. The van der Waals surface area contributed by atoms with Gasteiger partial charge >= 0.3 is 5.97 Å². The van der Waals surface area contributed by atoms with Gasteiger partial charge in [0.1, 0.15) is 5.54 Å². The van der Waals surface area contributed by atoms with Crippen molar-refractivity contribution in [1.29, 1.82) is 0 Å². The van der Waals surface area contributed by atoms with Gasteiger partial charge in [0.15, 0.2) is 0 Å². The van der Waals surface area contributed by atoms with Gasteiger partial charge in [-0.3, -0.25) is 34.7 Å². The Hall–Kier alpha value is -4.03. The number of imide groups is 1. The highest BCUT2D eigenvalue weighted by Crippen LogP contribution is 2.50. The molecule has 0 aromatic heterocycles. The molecule has 2 amide bonds. The van der Waals surface area contributed by atoms with Gasteiger partial charge in [-0.25, -0.2) is 0 Å². The number of benzene rings is 2. The van der Waals surface area contributed by atoms with E-state index >= 15 is 0 Å². The fraction of sp³-hybridized carbons (Fsp3) is 0.320. The zero-order valence-corrected chi connectivity index (χ0v) is 18.4. The summed E-state index contributed by atoms with van der Waals surface area (Å²) in [5, 5.41) is 24.6. The minimum Gasteiger partial charge on any atom is -0.480 e. The van der Waals surface area contributed by atoms with Crippen LogP contribution in [0.25, 0.3) is 0 Å². The first-order chi connectivity index (χ1) is 16.2. The monoisotopic (exact) mass is 461 g/mol. The smallest absolute Gasteiger partial charge is 0.325 e. The lowest BCUT2D eigenvalue weighted by Crippen LogP contribution is -2.57. The number of carboxylic acids is 1. The summed E-state index contributed by atoms with van der Waals surface area (Å²) >= 11 is 0. The standard InChI is InChI=1S/C25H23N3O6/c1-3-4-13-27-22(29)19-20(23(27)30)25(24(31)32,14-16-9-11-17(12-10-16)28(33)34)26-21(19)18-8-6-5-7-15(18)2/h1,5-12,19-21,26H,4,13-14H2,2H3,(H,31,32). The summed E-state index contributed by atoms with van der Waals surface area (Å²) in [5.41, 5.74) is 0.176. The van der Waals surface area contributed by atoms with Crippen molar-refractivity contribution >= 4 is 23.5 Å². The van der Waals surface area contributed by atoms with E-state index in [1.807, 2.05) is 25.1 Å². The Bertz CT molecular complexity index is 1220. The van der Waals surface area contributed by atoms with E-state index in [4.69, 9.17) is 6.42 Å². The lowest BCUT2D eigenvalue weighted by molar-refractivity contribution is -0.384. The highest BCUT2D eigenvalue weighted by atomic mass is 16.6. The molecule has 4 unspecified atom stereocenters. The van der Waals surface area contributed by atoms with E-state index in [0.717, 1.165) is 16.0 Å². The van der Waals surface area contributed by atoms with Crippen LogP contribution in [0.4, 0.5) is 5.69 Å². The maximum atomic E-state index is 13.5. The molecular formula is C25H23N3O6. The Morgan fingerprint density at radius 3 is 2.47 bits per heavy atom. The van der Waals surface area contributed by atoms with Crippen LogP contribution in [0.1, 0.15) is 29.2 Å². The second-order valence-corrected chi connectivity index (χ2v) is 8.64. The number of hydrogen-bond donors (Lipinski definition) is 2. The number of hydrogen-bond acceptors (Lipinski definition) is 6. The second kappa shape index (κ2) is 8.72. The molecule has 9 heteroatoms. The Labute approximate surface area is 195 Å². The molecule has 34 heavy (non-hydrogen) atoms. The van der Waals surface area contributed by atoms with Gasteiger partial charge in [-0.15, -0.1) is 12.3 Å². The van der Waals surface area contributed by atoms with Crippen molar-refractivity contribution in [2.45, 2.75) is 31.3 Å². The number of aliphatic carboxylic acids is 1. The first-order valence-electron chi connectivity index (χ1n) is 10.8. The number of rotatable bonds is 7. The zero-order chi connectivity index (χ0) is 24.6. The lowest BCUT2D eigenvalue weighted by atomic mass is 9.76. The second-order valence-electron chi connectivity index (χ2n) is 8.64. The number of carbonyl (C=O) groups is 3. The summed E-state index contributed by atoms with van der Waals surface area (Å²) < 4.78 is 0. The van der Waals surface area contributed by atoms with Crippen molar-refractivity contribution in [1.82, 2.24) is 10.2 Å². The van der Waals surface area contributed by atoms with Gasteiger partial charge in [0.05, 0.1) is 16.8 Å². The Morgan fingerprint density at radius 2 is 1.88 bits per heavy atom. The maximum Gasteiger partial charge on any atom is 0.325 e. The Kier molecular flexibility index (Phi) is 5.94. The molecule has 0 bridgehead atoms. The summed E-state index contributed by atoms with van der Waals surface area (Å²) in [5.74, 6) is -1.94. The molecule has 2 fully saturated rings. The van der Waals surface area contributed by atoms with Crippen molar-refractivity contribution in [2.24, 2.45) is 11.8 Å². The van der Waals surface area contributed by atoms with Crippen LogP contribution in [0.2, 0.25) is 0 Å². The van der Waals surface area contributed by atoms with Crippen molar-refractivity contribution in [3.05, 3.63) is 75.3 Å². The summed E-state index contributed by atoms with van der Waals surface area (Å²) in [4.78, 5) is 51.2. The van der Waals surface area contributed by atoms with E-state index in [1.54, 1.807) is 6.07 Å². The number of fused-ring (bicyclic) bond motifs is 1. The molecule has 4 rings (SSSR count). The number of nitro benzene ring substituents is 1. The van der Waals surface area contributed by atoms with E-state index in [-0.39, 0.29) is 25.1 Å². The maximum absolute atomic E-state index is 13.5. The number of amides is 2. The van der Waals surface area contributed by atoms with Crippen molar-refractivity contribution < 1.29 is 24.4 Å². The largest absolute Gasteiger partial charge is 0.480 e. The Morgan fingerprint density at radius 1 is 1.21 bits per heavy atom. The van der Waals surface area contributed by atoms with E-state index in [1.165, 1.54) is 24.3 Å². The summed E-state index contributed by atoms with van der Waals surface area (Å²) in [6, 6.07) is 12.1. The van der Waals surface area contributed by atoms with Crippen LogP contribution in [0, 0.1) is 41.2 Å². The first kappa shape index (κ1) is 23.1. The number of carboxylic acid groups (broad SMARTS) is 1. The number of carbonyl (C=O) groups excluding carboxylic acids is 2. The number of nitro groups is 1. The predicted octanol–water partition coefficient (Wildman–Crippen LogP) is 2.24. The minimum absolute atomic E-state index is 0.0227. The van der Waals surface area contributed by atoms with Gasteiger partial charge in [-0.1, -0.05) is 36.4 Å². The van der Waals surface area contributed by atoms with E-state index in [0.29, 0.717) is 5.56 Å². The van der Waals surface area contributed by atoms with Crippen LogP contribution in [0.3, 0.4) is 0 Å². The fourth-order valence-electron chi connectivity index (χ4n) is 5.15. The van der Waals surface area contributed by atoms with Gasteiger partial charge in [0.25, 0.3) is 5.69 Å². The molecule has 0 radical (unpaired) electrons. The molecule has 174 valence electrons. The third-order valence-corrected chi connectivity index (χ3v) is 6.76. The highest BCUT2D eigenvalue weighted by Gasteiger charge is 2.68. The Balaban J connectivity index is 1.82. The molecule has 2 aromatic rings. The molecule has 0 spiro atoms. The van der Waals surface area contributed by atoms with Crippen LogP contribution in [0.5, 0.6) is 0 Å². The lowest BCUT2D eigenvalue weighted by Gasteiger charge is -2.31. The van der Waals surface area contributed by atoms with Crippen molar-refractivity contribution in [2.75, 3.05) is 6.54 Å². The normalized spacial score (nSPS) is 25.8. The number of nitrogens with zero attached hydrogens (tertiary/aromatic N) is 2. The number of non-ortho nitro benzene ring substituents is 1. The van der Waals surface area contributed by atoms with Crippen molar-refractivity contribution in [3.8, 4) is 12.3 Å². The van der Waals surface area contributed by atoms with E-state index in [2.05, 4.69) is 11.2 Å². The van der Waals surface area contributed by atoms with Gasteiger partial charge < -0.3 is 5.11 Å². The zero-order valence-electron chi connectivity index (χ0n) is 18.4. The molecular weight excluding hydrogens is 438 g/mol. The van der Waals surface area contributed by atoms with Crippen LogP contribution < -0.4 is 5.32 Å². The topological polar surface area (TPSA) is 130 Å². The molecule has 2 aliphatic rings. The minimum atomic E-state index is -1.79. The first-order valence-corrected chi connectivity index (χ1v) is 10.8. The van der Waals surface area contributed by atoms with E-state index < -0.39 is 46.1 Å². The molecule has 2 heterocycles. The van der Waals surface area contributed by atoms with Gasteiger partial charge in [0.2, 0.25) is 11.8 Å². The average molecular weight is 461 g/mol. The average Bonchev–Trinajstić information content (AvgIpc) is 3.27. The van der Waals surface area contributed by atoms with Gasteiger partial charge in [-0.2, -0.15) is 0 Å². The van der Waals surface area contributed by atoms with E-state index in [9.17, 15) is 29.6 Å². The molecule has 9 nitrogen and oxygen atoms in total. The summed E-state index contributed by atoms with van der Waals surface area (Å²) in [7, 11) is 0. The highest BCUT2D eigenvalue weighted by molar-refractivity contribution is 6.09. The summed E-state index contributed by atoms with van der Waals surface area (Å²) in [6.45, 7) is 1.88. The van der Waals surface area contributed by atoms with Crippen molar-refractivity contribution in [3.63, 3.8) is 0 Å². The summed E-state index contributed by atoms with van der Waals surface area (Å²) in [6.07, 6.45) is 5.37. The fourth-order valence-corrected chi connectivity index (χ4v) is 5.15. The third kappa shape index (κ3) is 3.62. The molecule has 2 N–H and O–H groups in total. The number of terminal acetylenes is 1. The van der Waals surface area contributed by atoms with Crippen LogP contribution in [-0.4, -0.2) is 44.8 Å². The molecule has 4 atom stereocenters. The molecule has 0 saturated carbocycles. The molecule has 2 aliphatic heterocycles. The quantitative estimate of drug-likeness (QED) is 0.280. The van der Waals surface area contributed by atoms with Crippen LogP contribution in [0.15, 0.2) is 48.5 Å². The van der Waals surface area contributed by atoms with Crippen LogP contribution in [-0.2, 0) is 20.8 Å². The number of nitrogens with one attached hydrogen (secondary N) is 1. The predicted molar refractivity (Wildman–Crippen MR) is 121 cm³/mol. The van der Waals surface area contributed by atoms with Gasteiger partial charge in [-0.05, 0) is 23.6 Å². The SMILES string of the molecule is C#CCCN1C(=O)C2C(c3ccccc3C)NC(Cc3ccc([N+](=O)[O-])cc3)(C(=O)O)C2C1=O. The van der Waals surface area contributed by atoms with Crippen LogP contribution >= 0.6 is 0 Å². The number of aryl methyl sites for hydroxylation is 1. The third-order valence-electron chi connectivity index (χ3n) is 6.76. The molecule has 0 aliphatic carbocycles.